The van der Waals surface area contributed by atoms with E-state index in [1.165, 1.54) is 9.75 Å². The minimum absolute atomic E-state index is 0.0364. The molecule has 1 atom stereocenters. The van der Waals surface area contributed by atoms with Crippen molar-refractivity contribution in [3.05, 3.63) is 57.8 Å². The smallest absolute Gasteiger partial charge is 0.141 e. The molecule has 0 spiro atoms. The Balaban J connectivity index is 2.05. The van der Waals surface area contributed by atoms with E-state index in [1.807, 2.05) is 41.7 Å². The van der Waals surface area contributed by atoms with Crippen LogP contribution in [0.4, 0.5) is 0 Å². The lowest BCUT2D eigenvalue weighted by atomic mass is 10.0. The Labute approximate surface area is 129 Å². The predicted octanol–water partition coefficient (Wildman–Crippen LogP) is 3.28. The zero-order chi connectivity index (χ0) is 15.1. The summed E-state index contributed by atoms with van der Waals surface area (Å²) in [4.78, 5) is 2.69. The molecule has 1 aromatic carbocycles. The molecule has 0 radical (unpaired) electrons. The van der Waals surface area contributed by atoms with E-state index >= 15 is 0 Å². The summed E-state index contributed by atoms with van der Waals surface area (Å²) in [6.07, 6.45) is 1.55. The van der Waals surface area contributed by atoms with E-state index in [9.17, 15) is 0 Å². The average molecular weight is 303 g/mol. The first-order valence-electron chi connectivity index (χ1n) is 7.05. The van der Waals surface area contributed by atoms with Gasteiger partial charge in [-0.3, -0.25) is 0 Å². The largest absolute Gasteiger partial charge is 0.409 e. The van der Waals surface area contributed by atoms with E-state index in [0.717, 1.165) is 18.5 Å². The molecule has 0 fully saturated rings. The normalized spacial score (nSPS) is 13.3. The third kappa shape index (κ3) is 4.58. The first-order chi connectivity index (χ1) is 10.2. The summed E-state index contributed by atoms with van der Waals surface area (Å²) in [5.41, 5.74) is 6.80. The molecule has 1 heterocycles. The molecule has 4 nitrogen and oxygen atoms in total. The van der Waals surface area contributed by atoms with Gasteiger partial charge in [-0.15, -0.1) is 11.3 Å². The highest BCUT2D eigenvalue weighted by molar-refractivity contribution is 7.11. The topological polar surface area (TPSA) is 70.6 Å². The van der Waals surface area contributed by atoms with Gasteiger partial charge in [-0.1, -0.05) is 42.4 Å². The Morgan fingerprint density at radius 1 is 1.24 bits per heavy atom. The summed E-state index contributed by atoms with van der Waals surface area (Å²) in [5.74, 6) is 0.233. The van der Waals surface area contributed by atoms with Crippen LogP contribution in [0.1, 0.15) is 34.7 Å². The van der Waals surface area contributed by atoms with Gasteiger partial charge in [0.25, 0.3) is 0 Å². The second kappa shape index (κ2) is 7.81. The molecule has 0 aliphatic carbocycles. The third-order valence-electron chi connectivity index (χ3n) is 3.33. The molecule has 0 saturated carbocycles. The summed E-state index contributed by atoms with van der Waals surface area (Å²) in [5, 5.41) is 15.4. The van der Waals surface area contributed by atoms with E-state index in [4.69, 9.17) is 10.9 Å². The summed E-state index contributed by atoms with van der Waals surface area (Å²) in [6.45, 7) is 2.94. The standard InChI is InChI=1S/C16H21N3OS/c1-2-13-8-9-14(21-13)11-18-15(10-16(17)19-20)12-6-4-3-5-7-12/h3-9,15,18,20H,2,10-11H2,1H3,(H2,17,19). The van der Waals surface area contributed by atoms with Gasteiger partial charge in [0.1, 0.15) is 5.84 Å². The molecule has 5 heteroatoms. The monoisotopic (exact) mass is 303 g/mol. The molecule has 0 aliphatic heterocycles. The fourth-order valence-corrected chi connectivity index (χ4v) is 3.08. The maximum atomic E-state index is 8.79. The SMILES string of the molecule is CCc1ccc(CNC(C/C(N)=N/O)c2ccccc2)s1. The third-order valence-corrected chi connectivity index (χ3v) is 4.56. The maximum Gasteiger partial charge on any atom is 0.141 e. The van der Waals surface area contributed by atoms with Crippen molar-refractivity contribution in [3.63, 3.8) is 0 Å². The zero-order valence-electron chi connectivity index (χ0n) is 12.1. The van der Waals surface area contributed by atoms with Gasteiger partial charge in [-0.2, -0.15) is 0 Å². The molecular formula is C16H21N3OS. The number of benzene rings is 1. The van der Waals surface area contributed by atoms with Crippen molar-refractivity contribution < 1.29 is 5.21 Å². The van der Waals surface area contributed by atoms with Crippen molar-refractivity contribution in [1.82, 2.24) is 5.32 Å². The number of nitrogens with two attached hydrogens (primary N) is 1. The van der Waals surface area contributed by atoms with Crippen LogP contribution < -0.4 is 11.1 Å². The summed E-state index contributed by atoms with van der Waals surface area (Å²) < 4.78 is 0. The molecule has 21 heavy (non-hydrogen) atoms. The lowest BCUT2D eigenvalue weighted by molar-refractivity contribution is 0.315. The van der Waals surface area contributed by atoms with Gasteiger partial charge in [-0.25, -0.2) is 0 Å². The number of nitrogens with one attached hydrogen (secondary N) is 1. The Bertz CT molecular complexity index is 580. The summed E-state index contributed by atoms with van der Waals surface area (Å²) >= 11 is 1.82. The van der Waals surface area contributed by atoms with Crippen LogP contribution in [-0.4, -0.2) is 11.0 Å². The second-order valence-electron chi connectivity index (χ2n) is 4.86. The fraction of sp³-hybridized carbons (Fsp3) is 0.312. The Morgan fingerprint density at radius 3 is 2.57 bits per heavy atom. The summed E-state index contributed by atoms with van der Waals surface area (Å²) in [7, 11) is 0. The van der Waals surface area contributed by atoms with E-state index in [1.54, 1.807) is 0 Å². The van der Waals surface area contributed by atoms with Crippen molar-refractivity contribution in [3.8, 4) is 0 Å². The molecule has 0 aliphatic rings. The number of hydrogen-bond donors (Lipinski definition) is 3. The van der Waals surface area contributed by atoms with E-state index in [2.05, 4.69) is 29.5 Å². The molecule has 1 unspecified atom stereocenters. The van der Waals surface area contributed by atoms with Gasteiger partial charge < -0.3 is 16.3 Å². The van der Waals surface area contributed by atoms with Crippen LogP contribution in [0.15, 0.2) is 47.6 Å². The van der Waals surface area contributed by atoms with Crippen molar-refractivity contribution >= 4 is 17.2 Å². The lowest BCUT2D eigenvalue weighted by Gasteiger charge is -2.18. The molecule has 2 rings (SSSR count). The number of hydrogen-bond acceptors (Lipinski definition) is 4. The average Bonchev–Trinajstić information content (AvgIpc) is 3.00. The molecule has 0 saturated heterocycles. The zero-order valence-corrected chi connectivity index (χ0v) is 12.9. The van der Waals surface area contributed by atoms with Gasteiger partial charge >= 0.3 is 0 Å². The quantitative estimate of drug-likeness (QED) is 0.318. The Hall–Kier alpha value is -1.85. The Kier molecular flexibility index (Phi) is 5.78. The molecular weight excluding hydrogens is 282 g/mol. The van der Waals surface area contributed by atoms with Gasteiger partial charge in [0, 0.05) is 28.8 Å². The number of rotatable bonds is 7. The van der Waals surface area contributed by atoms with Crippen LogP contribution in [0.5, 0.6) is 0 Å². The molecule has 2 aromatic rings. The van der Waals surface area contributed by atoms with Gasteiger partial charge in [-0.05, 0) is 24.1 Å². The number of aryl methyl sites for hydroxylation is 1. The number of nitrogens with zero attached hydrogens (tertiary/aromatic N) is 1. The van der Waals surface area contributed by atoms with Crippen molar-refractivity contribution in [1.29, 1.82) is 0 Å². The second-order valence-corrected chi connectivity index (χ2v) is 6.11. The minimum atomic E-state index is 0.0364. The van der Waals surface area contributed by atoms with E-state index in [-0.39, 0.29) is 11.9 Å². The predicted molar refractivity (Wildman–Crippen MR) is 87.7 cm³/mol. The van der Waals surface area contributed by atoms with Crippen LogP contribution in [0.2, 0.25) is 0 Å². The van der Waals surface area contributed by atoms with Crippen LogP contribution in [0.25, 0.3) is 0 Å². The number of thiophene rings is 1. The molecule has 112 valence electrons. The first kappa shape index (κ1) is 15.5. The highest BCUT2D eigenvalue weighted by atomic mass is 32.1. The van der Waals surface area contributed by atoms with Crippen LogP contribution >= 0.6 is 11.3 Å². The van der Waals surface area contributed by atoms with Crippen molar-refractivity contribution in [2.24, 2.45) is 10.9 Å². The van der Waals surface area contributed by atoms with Crippen molar-refractivity contribution in [2.75, 3.05) is 0 Å². The van der Waals surface area contributed by atoms with E-state index in [0.29, 0.717) is 6.42 Å². The number of amidine groups is 1. The molecule has 4 N–H and O–H groups in total. The fourth-order valence-electron chi connectivity index (χ4n) is 2.17. The van der Waals surface area contributed by atoms with Gasteiger partial charge in [0.15, 0.2) is 0 Å². The Morgan fingerprint density at radius 2 is 1.95 bits per heavy atom. The maximum absolute atomic E-state index is 8.79. The van der Waals surface area contributed by atoms with Crippen LogP contribution in [0, 0.1) is 0 Å². The van der Waals surface area contributed by atoms with Crippen LogP contribution in [0.3, 0.4) is 0 Å². The first-order valence-corrected chi connectivity index (χ1v) is 7.87. The van der Waals surface area contributed by atoms with Gasteiger partial charge in [0.2, 0.25) is 0 Å². The minimum Gasteiger partial charge on any atom is -0.409 e. The number of oxime groups is 1. The van der Waals surface area contributed by atoms with Gasteiger partial charge in [0.05, 0.1) is 0 Å². The van der Waals surface area contributed by atoms with E-state index < -0.39 is 0 Å². The highest BCUT2D eigenvalue weighted by Gasteiger charge is 2.13. The molecule has 0 bridgehead atoms. The van der Waals surface area contributed by atoms with Crippen molar-refractivity contribution in [2.45, 2.75) is 32.4 Å². The molecule has 1 aromatic heterocycles. The highest BCUT2D eigenvalue weighted by Crippen LogP contribution is 2.20. The van der Waals surface area contributed by atoms with Crippen LogP contribution in [-0.2, 0) is 13.0 Å². The lowest BCUT2D eigenvalue weighted by Crippen LogP contribution is -2.26. The molecule has 0 amide bonds. The summed E-state index contributed by atoms with van der Waals surface area (Å²) in [6, 6.07) is 14.4.